The Bertz CT molecular complexity index is 508. The van der Waals surface area contributed by atoms with Crippen molar-refractivity contribution in [2.45, 2.75) is 12.5 Å². The average Bonchev–Trinajstić information content (AvgIpc) is 2.39. The van der Waals surface area contributed by atoms with Crippen molar-refractivity contribution in [1.82, 2.24) is 5.32 Å². The number of aliphatic carboxylic acids is 1. The second-order valence-electron chi connectivity index (χ2n) is 3.81. The van der Waals surface area contributed by atoms with Crippen LogP contribution in [0.1, 0.15) is 15.9 Å². The Labute approximate surface area is 110 Å². The lowest BCUT2D eigenvalue weighted by molar-refractivity contribution is -0.148. The van der Waals surface area contributed by atoms with Gasteiger partial charge in [-0.05, 0) is 17.7 Å². The maximum Gasteiger partial charge on any atom is 0.334 e. The van der Waals surface area contributed by atoms with Crippen LogP contribution in [-0.2, 0) is 16.0 Å². The fourth-order valence-electron chi connectivity index (χ4n) is 1.47. The molecule has 0 spiro atoms. The second-order valence-corrected chi connectivity index (χ2v) is 3.81. The molecule has 0 bridgehead atoms. The third kappa shape index (κ3) is 4.41. The molecular formula is C13H14N2O4. The predicted octanol–water partition coefficient (Wildman–Crippen LogP) is 0.582. The first-order valence-electron chi connectivity index (χ1n) is 5.58. The van der Waals surface area contributed by atoms with Gasteiger partial charge in [-0.3, -0.25) is 4.79 Å². The highest BCUT2D eigenvalue weighted by molar-refractivity contribution is 5.94. The molecule has 1 atom stereocenters. The molecule has 1 unspecified atom stereocenters. The first kappa shape index (κ1) is 14.7. The molecule has 0 saturated heterocycles. The summed E-state index contributed by atoms with van der Waals surface area (Å²) in [5, 5.41) is 19.8. The van der Waals surface area contributed by atoms with E-state index in [2.05, 4.69) is 5.32 Å². The van der Waals surface area contributed by atoms with E-state index < -0.39 is 18.0 Å². The minimum absolute atomic E-state index is 0.118. The van der Waals surface area contributed by atoms with Gasteiger partial charge in [0, 0.05) is 12.7 Å². The summed E-state index contributed by atoms with van der Waals surface area (Å²) < 4.78 is 4.70. The van der Waals surface area contributed by atoms with E-state index in [4.69, 9.17) is 15.1 Å². The molecule has 1 rings (SSSR count). The van der Waals surface area contributed by atoms with Gasteiger partial charge in [0.2, 0.25) is 0 Å². The van der Waals surface area contributed by atoms with Crippen molar-refractivity contribution in [3.8, 4) is 6.07 Å². The summed E-state index contributed by atoms with van der Waals surface area (Å²) in [4.78, 5) is 22.5. The minimum atomic E-state index is -1.14. The van der Waals surface area contributed by atoms with Crippen molar-refractivity contribution in [3.05, 3.63) is 35.4 Å². The Morgan fingerprint density at radius 1 is 1.53 bits per heavy atom. The second kappa shape index (κ2) is 7.13. The van der Waals surface area contributed by atoms with E-state index >= 15 is 0 Å². The van der Waals surface area contributed by atoms with E-state index in [-0.39, 0.29) is 13.0 Å². The number of benzene rings is 1. The number of rotatable bonds is 6. The highest BCUT2D eigenvalue weighted by atomic mass is 16.5. The number of nitrogens with zero attached hydrogens (tertiary/aromatic N) is 1. The molecule has 0 fully saturated rings. The van der Waals surface area contributed by atoms with Crippen LogP contribution in [0, 0.1) is 11.3 Å². The number of methoxy groups -OCH3 is 1. The normalized spacial score (nSPS) is 11.4. The van der Waals surface area contributed by atoms with Gasteiger partial charge in [-0.15, -0.1) is 0 Å². The maximum atomic E-state index is 11.8. The first-order valence-corrected chi connectivity index (χ1v) is 5.58. The average molecular weight is 262 g/mol. The molecule has 0 aliphatic carbocycles. The van der Waals surface area contributed by atoms with Crippen molar-refractivity contribution in [1.29, 1.82) is 5.26 Å². The van der Waals surface area contributed by atoms with Crippen molar-refractivity contribution < 1.29 is 19.4 Å². The Morgan fingerprint density at radius 2 is 2.26 bits per heavy atom. The van der Waals surface area contributed by atoms with Crippen LogP contribution in [0.3, 0.4) is 0 Å². The predicted molar refractivity (Wildman–Crippen MR) is 66.5 cm³/mol. The van der Waals surface area contributed by atoms with Gasteiger partial charge < -0.3 is 15.2 Å². The van der Waals surface area contributed by atoms with Crippen LogP contribution in [0.15, 0.2) is 24.3 Å². The van der Waals surface area contributed by atoms with E-state index in [1.54, 1.807) is 24.3 Å². The van der Waals surface area contributed by atoms with Crippen LogP contribution in [0.25, 0.3) is 0 Å². The number of carboxylic acids is 1. The molecule has 0 saturated carbocycles. The molecule has 1 amide bonds. The topological polar surface area (TPSA) is 99.4 Å². The quantitative estimate of drug-likeness (QED) is 0.781. The number of hydrogen-bond donors (Lipinski definition) is 2. The van der Waals surface area contributed by atoms with Crippen molar-refractivity contribution >= 4 is 11.9 Å². The zero-order valence-electron chi connectivity index (χ0n) is 10.4. The highest BCUT2D eigenvalue weighted by Crippen LogP contribution is 2.06. The minimum Gasteiger partial charge on any atom is -0.479 e. The summed E-state index contributed by atoms with van der Waals surface area (Å²) in [5.74, 6) is -1.54. The van der Waals surface area contributed by atoms with Crippen LogP contribution < -0.4 is 5.32 Å². The molecule has 1 aromatic rings. The van der Waals surface area contributed by atoms with Crippen molar-refractivity contribution in [2.24, 2.45) is 0 Å². The van der Waals surface area contributed by atoms with Crippen LogP contribution in [0.5, 0.6) is 0 Å². The van der Waals surface area contributed by atoms with Crippen molar-refractivity contribution in [3.63, 3.8) is 0 Å². The smallest absolute Gasteiger partial charge is 0.334 e. The Morgan fingerprint density at radius 3 is 2.84 bits per heavy atom. The van der Waals surface area contributed by atoms with Gasteiger partial charge in [0.25, 0.3) is 5.91 Å². The van der Waals surface area contributed by atoms with Crippen LogP contribution in [0.4, 0.5) is 0 Å². The number of carbonyl (C=O) groups is 2. The molecule has 100 valence electrons. The molecule has 0 aliphatic rings. The molecule has 6 heteroatoms. The summed E-state index contributed by atoms with van der Waals surface area (Å²) in [7, 11) is 1.26. The molecule has 0 heterocycles. The fraction of sp³-hybridized carbons (Fsp3) is 0.308. The first-order chi connectivity index (χ1) is 9.08. The summed E-state index contributed by atoms with van der Waals surface area (Å²) in [6.45, 7) is -0.118. The third-order valence-electron chi connectivity index (χ3n) is 2.48. The Kier molecular flexibility index (Phi) is 5.51. The third-order valence-corrected chi connectivity index (χ3v) is 2.48. The number of ether oxygens (including phenoxy) is 1. The maximum absolute atomic E-state index is 11.8. The van der Waals surface area contributed by atoms with Gasteiger partial charge in [-0.2, -0.15) is 5.26 Å². The lowest BCUT2D eigenvalue weighted by atomic mass is 10.1. The number of hydrogen-bond acceptors (Lipinski definition) is 4. The summed E-state index contributed by atoms with van der Waals surface area (Å²) in [6, 6.07) is 8.61. The van der Waals surface area contributed by atoms with Crippen LogP contribution >= 0.6 is 0 Å². The van der Waals surface area contributed by atoms with Crippen molar-refractivity contribution in [2.75, 3.05) is 13.7 Å². The standard InChI is InChI=1S/C13H14N2O4/c1-19-11(13(17)18)8-15-12(16)10-4-2-3-9(7-10)5-6-14/h2-4,7,11H,5,8H2,1H3,(H,15,16)(H,17,18). The summed E-state index contributed by atoms with van der Waals surface area (Å²) in [5.41, 5.74) is 1.12. The van der Waals surface area contributed by atoms with Gasteiger partial charge >= 0.3 is 5.97 Å². The molecule has 0 aliphatic heterocycles. The Hall–Kier alpha value is -2.39. The molecule has 0 aromatic heterocycles. The lowest BCUT2D eigenvalue weighted by Crippen LogP contribution is -2.37. The Balaban J connectivity index is 2.65. The number of nitrogens with one attached hydrogen (secondary N) is 1. The highest BCUT2D eigenvalue weighted by Gasteiger charge is 2.17. The van der Waals surface area contributed by atoms with Gasteiger partial charge in [-0.25, -0.2) is 4.79 Å². The number of carbonyl (C=O) groups excluding carboxylic acids is 1. The van der Waals surface area contributed by atoms with Gasteiger partial charge in [0.05, 0.1) is 19.0 Å². The lowest BCUT2D eigenvalue weighted by Gasteiger charge is -2.11. The summed E-state index contributed by atoms with van der Waals surface area (Å²) >= 11 is 0. The fourth-order valence-corrected chi connectivity index (χ4v) is 1.47. The molecule has 0 radical (unpaired) electrons. The molecule has 19 heavy (non-hydrogen) atoms. The monoisotopic (exact) mass is 262 g/mol. The molecule has 6 nitrogen and oxygen atoms in total. The van der Waals surface area contributed by atoms with Crippen LogP contribution in [0.2, 0.25) is 0 Å². The van der Waals surface area contributed by atoms with Crippen LogP contribution in [-0.4, -0.2) is 36.7 Å². The van der Waals surface area contributed by atoms with E-state index in [1.807, 2.05) is 6.07 Å². The SMILES string of the molecule is COC(CNC(=O)c1cccc(CC#N)c1)C(=O)O. The van der Waals surface area contributed by atoms with Gasteiger partial charge in [0.15, 0.2) is 6.10 Å². The number of carboxylic acid groups (broad SMARTS) is 1. The number of amides is 1. The van der Waals surface area contributed by atoms with E-state index in [1.165, 1.54) is 7.11 Å². The van der Waals surface area contributed by atoms with E-state index in [0.29, 0.717) is 5.56 Å². The van der Waals surface area contributed by atoms with Gasteiger partial charge in [-0.1, -0.05) is 12.1 Å². The zero-order valence-corrected chi connectivity index (χ0v) is 10.4. The summed E-state index contributed by atoms with van der Waals surface area (Å²) in [6.07, 6.45) is -0.858. The van der Waals surface area contributed by atoms with Gasteiger partial charge in [0.1, 0.15) is 0 Å². The molecule has 1 aromatic carbocycles. The number of nitriles is 1. The zero-order chi connectivity index (χ0) is 14.3. The van der Waals surface area contributed by atoms with E-state index in [0.717, 1.165) is 5.56 Å². The van der Waals surface area contributed by atoms with E-state index in [9.17, 15) is 9.59 Å². The molecular weight excluding hydrogens is 248 g/mol. The largest absolute Gasteiger partial charge is 0.479 e. The molecule has 2 N–H and O–H groups in total.